The molecule has 2 rings (SSSR count). The van der Waals surface area contributed by atoms with Crippen molar-refractivity contribution in [3.63, 3.8) is 0 Å². The van der Waals surface area contributed by atoms with E-state index in [-0.39, 0.29) is 12.5 Å². The molecule has 0 bridgehead atoms. The van der Waals surface area contributed by atoms with E-state index in [1.807, 2.05) is 62.4 Å². The second-order valence-corrected chi connectivity index (χ2v) is 5.58. The molecule has 2 aromatic carbocycles. The van der Waals surface area contributed by atoms with E-state index in [9.17, 15) is 9.59 Å². The molecule has 2 amide bonds. The Morgan fingerprint density at radius 2 is 1.88 bits per heavy atom. The average Bonchev–Trinajstić information content (AvgIpc) is 2.60. The Morgan fingerprint density at radius 1 is 1.12 bits per heavy atom. The van der Waals surface area contributed by atoms with Gasteiger partial charge < -0.3 is 15.5 Å². The molecule has 6 nitrogen and oxygen atoms in total. The average molecular weight is 339 g/mol. The van der Waals surface area contributed by atoms with Crippen molar-refractivity contribution in [2.75, 3.05) is 11.9 Å². The van der Waals surface area contributed by atoms with Crippen LogP contribution in [0.2, 0.25) is 0 Å². The van der Waals surface area contributed by atoms with Crippen LogP contribution in [-0.2, 0) is 21.0 Å². The van der Waals surface area contributed by atoms with Crippen molar-refractivity contribution in [3.05, 3.63) is 65.2 Å². The van der Waals surface area contributed by atoms with Gasteiger partial charge in [0.05, 0.1) is 0 Å². The van der Waals surface area contributed by atoms with Crippen molar-refractivity contribution in [2.45, 2.75) is 20.4 Å². The fourth-order valence-corrected chi connectivity index (χ4v) is 2.15. The van der Waals surface area contributed by atoms with E-state index in [0.717, 1.165) is 22.9 Å². The van der Waals surface area contributed by atoms with Gasteiger partial charge in [0, 0.05) is 12.2 Å². The summed E-state index contributed by atoms with van der Waals surface area (Å²) in [7, 11) is 0. The molecule has 0 spiro atoms. The standard InChI is InChI=1S/C19H21N3O3/c1-14-8-9-17(15(2)10-14)22-18(23)12-21-25-13-19(24)20-11-16-6-4-3-5-7-16/h3-10,12H,11,13H2,1-2H3,(H,20,24)(H,22,23)/b21-12-. The van der Waals surface area contributed by atoms with Crippen LogP contribution < -0.4 is 10.6 Å². The van der Waals surface area contributed by atoms with Gasteiger partial charge in [0.2, 0.25) is 0 Å². The van der Waals surface area contributed by atoms with Crippen LogP contribution in [0.5, 0.6) is 0 Å². The molecular weight excluding hydrogens is 318 g/mol. The third-order valence-corrected chi connectivity index (χ3v) is 3.41. The molecule has 2 aromatic rings. The fourth-order valence-electron chi connectivity index (χ4n) is 2.15. The van der Waals surface area contributed by atoms with Crippen LogP contribution in [0.15, 0.2) is 53.7 Å². The lowest BCUT2D eigenvalue weighted by Crippen LogP contribution is -2.26. The third-order valence-electron chi connectivity index (χ3n) is 3.41. The van der Waals surface area contributed by atoms with Gasteiger partial charge in [0.25, 0.3) is 11.8 Å². The van der Waals surface area contributed by atoms with Crippen LogP contribution in [0.3, 0.4) is 0 Å². The first-order valence-corrected chi connectivity index (χ1v) is 7.89. The number of carbonyl (C=O) groups excluding carboxylic acids is 2. The Labute approximate surface area is 146 Å². The summed E-state index contributed by atoms with van der Waals surface area (Å²) in [6, 6.07) is 15.2. The van der Waals surface area contributed by atoms with Crippen molar-refractivity contribution in [1.29, 1.82) is 0 Å². The maximum atomic E-state index is 11.8. The first-order chi connectivity index (χ1) is 12.0. The number of nitrogens with one attached hydrogen (secondary N) is 2. The Hall–Kier alpha value is -3.15. The SMILES string of the molecule is Cc1ccc(NC(=O)/C=N\OCC(=O)NCc2ccccc2)c(C)c1. The molecule has 0 saturated carbocycles. The quantitative estimate of drug-likeness (QED) is 0.601. The highest BCUT2D eigenvalue weighted by molar-refractivity contribution is 6.31. The molecule has 0 fully saturated rings. The van der Waals surface area contributed by atoms with Gasteiger partial charge in [-0.05, 0) is 31.0 Å². The minimum atomic E-state index is -0.420. The molecule has 0 saturated heterocycles. The molecule has 130 valence electrons. The van der Waals surface area contributed by atoms with Crippen LogP contribution >= 0.6 is 0 Å². The van der Waals surface area contributed by atoms with Crippen LogP contribution in [-0.4, -0.2) is 24.6 Å². The van der Waals surface area contributed by atoms with Crippen LogP contribution in [0, 0.1) is 13.8 Å². The summed E-state index contributed by atoms with van der Waals surface area (Å²) in [6.07, 6.45) is 1.00. The van der Waals surface area contributed by atoms with Crippen LogP contribution in [0.1, 0.15) is 16.7 Å². The van der Waals surface area contributed by atoms with Crippen molar-refractivity contribution in [1.82, 2.24) is 5.32 Å². The van der Waals surface area contributed by atoms with Crippen molar-refractivity contribution in [2.24, 2.45) is 5.16 Å². The summed E-state index contributed by atoms with van der Waals surface area (Å²) in [5.41, 5.74) is 3.78. The highest BCUT2D eigenvalue weighted by Crippen LogP contribution is 2.15. The van der Waals surface area contributed by atoms with Gasteiger partial charge in [-0.2, -0.15) is 0 Å². The molecule has 6 heteroatoms. The fraction of sp³-hybridized carbons (Fsp3) is 0.211. The molecule has 0 atom stereocenters. The van der Waals surface area contributed by atoms with E-state index in [2.05, 4.69) is 15.8 Å². The van der Waals surface area contributed by atoms with Gasteiger partial charge in [0.15, 0.2) is 6.61 Å². The Bertz CT molecular complexity index is 758. The third kappa shape index (κ3) is 6.47. The number of aryl methyl sites for hydroxylation is 2. The predicted octanol–water partition coefficient (Wildman–Crippen LogP) is 2.56. The maximum Gasteiger partial charge on any atom is 0.270 e. The number of hydrogen-bond donors (Lipinski definition) is 2. The molecule has 2 N–H and O–H groups in total. The number of anilines is 1. The molecule has 0 aliphatic rings. The molecule has 0 unspecified atom stereocenters. The molecule has 0 aliphatic heterocycles. The Morgan fingerprint density at radius 3 is 2.60 bits per heavy atom. The second kappa shape index (κ2) is 9.22. The summed E-state index contributed by atoms with van der Waals surface area (Å²) in [6.45, 7) is 4.06. The Balaban J connectivity index is 1.69. The first-order valence-electron chi connectivity index (χ1n) is 7.89. The summed E-state index contributed by atoms with van der Waals surface area (Å²) < 4.78 is 0. The highest BCUT2D eigenvalue weighted by Gasteiger charge is 2.04. The van der Waals surface area contributed by atoms with Gasteiger partial charge in [-0.25, -0.2) is 0 Å². The van der Waals surface area contributed by atoms with Crippen LogP contribution in [0.25, 0.3) is 0 Å². The zero-order valence-corrected chi connectivity index (χ0v) is 14.3. The van der Waals surface area contributed by atoms with Gasteiger partial charge in [-0.1, -0.05) is 53.2 Å². The Kier molecular flexibility index (Phi) is 6.71. The minimum absolute atomic E-state index is 0.250. The smallest absolute Gasteiger partial charge is 0.270 e. The number of amides is 2. The number of hydrogen-bond acceptors (Lipinski definition) is 4. The zero-order valence-electron chi connectivity index (χ0n) is 14.3. The highest BCUT2D eigenvalue weighted by atomic mass is 16.6. The summed E-state index contributed by atoms with van der Waals surface area (Å²) in [4.78, 5) is 28.2. The number of nitrogens with zero attached hydrogens (tertiary/aromatic N) is 1. The molecule has 0 heterocycles. The minimum Gasteiger partial charge on any atom is -0.386 e. The molecule has 0 radical (unpaired) electrons. The van der Waals surface area contributed by atoms with E-state index in [1.54, 1.807) is 0 Å². The number of oxime groups is 1. The lowest BCUT2D eigenvalue weighted by Gasteiger charge is -2.06. The number of carbonyl (C=O) groups is 2. The summed E-state index contributed by atoms with van der Waals surface area (Å²) in [5.74, 6) is -0.729. The zero-order chi connectivity index (χ0) is 18.1. The van der Waals surface area contributed by atoms with Crippen molar-refractivity contribution in [3.8, 4) is 0 Å². The molecule has 25 heavy (non-hydrogen) atoms. The van der Waals surface area contributed by atoms with E-state index in [4.69, 9.17) is 4.84 Å². The van der Waals surface area contributed by atoms with E-state index < -0.39 is 5.91 Å². The lowest BCUT2D eigenvalue weighted by atomic mass is 10.1. The summed E-state index contributed by atoms with van der Waals surface area (Å²) >= 11 is 0. The van der Waals surface area contributed by atoms with Crippen molar-refractivity contribution >= 4 is 23.7 Å². The topological polar surface area (TPSA) is 79.8 Å². The monoisotopic (exact) mass is 339 g/mol. The maximum absolute atomic E-state index is 11.8. The molecule has 0 aliphatic carbocycles. The van der Waals surface area contributed by atoms with Gasteiger partial charge >= 0.3 is 0 Å². The number of benzene rings is 2. The molecule has 0 aromatic heterocycles. The predicted molar refractivity (Wildman–Crippen MR) is 97.3 cm³/mol. The second-order valence-electron chi connectivity index (χ2n) is 5.58. The van der Waals surface area contributed by atoms with E-state index in [0.29, 0.717) is 12.2 Å². The summed E-state index contributed by atoms with van der Waals surface area (Å²) in [5, 5.41) is 8.92. The van der Waals surface area contributed by atoms with E-state index >= 15 is 0 Å². The molecular formula is C19H21N3O3. The largest absolute Gasteiger partial charge is 0.386 e. The van der Waals surface area contributed by atoms with Gasteiger partial charge in [0.1, 0.15) is 6.21 Å². The lowest BCUT2D eigenvalue weighted by molar-refractivity contribution is -0.126. The van der Waals surface area contributed by atoms with Gasteiger partial charge in [-0.15, -0.1) is 0 Å². The first kappa shape index (κ1) is 18.2. The van der Waals surface area contributed by atoms with Crippen LogP contribution in [0.4, 0.5) is 5.69 Å². The normalized spacial score (nSPS) is 10.5. The van der Waals surface area contributed by atoms with Crippen molar-refractivity contribution < 1.29 is 14.4 Å². The van der Waals surface area contributed by atoms with E-state index in [1.165, 1.54) is 0 Å². The number of rotatable bonds is 7. The van der Waals surface area contributed by atoms with Gasteiger partial charge in [-0.3, -0.25) is 9.59 Å².